The topological polar surface area (TPSA) is 16.1 Å². The molecule has 2 nitrogen and oxygen atoms in total. The number of halogens is 2. The van der Waals surface area contributed by atoms with E-state index < -0.39 is 5.92 Å². The molecule has 1 fully saturated rings. The smallest absolute Gasteiger partial charge is 0.272 e. The summed E-state index contributed by atoms with van der Waals surface area (Å²) in [6, 6.07) is 0. The average Bonchev–Trinajstić information content (AvgIpc) is 2.33. The van der Waals surface area contributed by atoms with Gasteiger partial charge in [-0.3, -0.25) is 4.90 Å². The van der Waals surface area contributed by atoms with E-state index in [4.69, 9.17) is 0 Å². The zero-order valence-corrected chi connectivity index (χ0v) is 8.07. The summed E-state index contributed by atoms with van der Waals surface area (Å²) in [6.07, 6.45) is 0. The fraction of sp³-hybridized carbons (Fsp3) is 0.625. The molecule has 1 aliphatic rings. The number of aromatic nitrogens is 1. The maximum atomic E-state index is 12.5. The Morgan fingerprint density at radius 2 is 2.31 bits per heavy atom. The predicted octanol–water partition coefficient (Wildman–Crippen LogP) is 1.90. The molecule has 1 aromatic rings. The van der Waals surface area contributed by atoms with Crippen molar-refractivity contribution < 1.29 is 8.78 Å². The van der Waals surface area contributed by atoms with Crippen LogP contribution < -0.4 is 0 Å². The van der Waals surface area contributed by atoms with Gasteiger partial charge in [0.15, 0.2) is 0 Å². The van der Waals surface area contributed by atoms with Crippen molar-refractivity contribution in [2.75, 3.05) is 13.1 Å². The van der Waals surface area contributed by atoms with Crippen LogP contribution in [-0.2, 0) is 6.54 Å². The van der Waals surface area contributed by atoms with E-state index in [9.17, 15) is 8.78 Å². The molecule has 0 saturated carbocycles. The van der Waals surface area contributed by atoms with E-state index in [2.05, 4.69) is 4.98 Å². The molecule has 13 heavy (non-hydrogen) atoms. The van der Waals surface area contributed by atoms with Crippen molar-refractivity contribution in [2.24, 2.45) is 0 Å². The number of rotatable bonds is 2. The first-order valence-electron chi connectivity index (χ1n) is 4.06. The minimum atomic E-state index is -2.46. The Hall–Kier alpha value is -0.550. The summed E-state index contributed by atoms with van der Waals surface area (Å²) in [7, 11) is 0. The Kier molecular flexibility index (Phi) is 2.08. The highest BCUT2D eigenvalue weighted by molar-refractivity contribution is 7.09. The van der Waals surface area contributed by atoms with Gasteiger partial charge in [0.2, 0.25) is 0 Å². The Morgan fingerprint density at radius 1 is 1.62 bits per heavy atom. The van der Waals surface area contributed by atoms with Gasteiger partial charge in [0.05, 0.1) is 24.3 Å². The highest BCUT2D eigenvalue weighted by atomic mass is 32.1. The van der Waals surface area contributed by atoms with Crippen LogP contribution in [0.4, 0.5) is 8.78 Å². The fourth-order valence-corrected chi connectivity index (χ4v) is 2.22. The van der Waals surface area contributed by atoms with Gasteiger partial charge in [-0.05, 0) is 6.92 Å². The van der Waals surface area contributed by atoms with Crippen molar-refractivity contribution in [3.8, 4) is 0 Å². The van der Waals surface area contributed by atoms with Crippen molar-refractivity contribution in [3.05, 3.63) is 16.1 Å². The number of hydrogen-bond acceptors (Lipinski definition) is 3. The van der Waals surface area contributed by atoms with Gasteiger partial charge in [0.1, 0.15) is 0 Å². The molecule has 1 aliphatic heterocycles. The number of aryl methyl sites for hydroxylation is 1. The Balaban J connectivity index is 1.91. The first kappa shape index (κ1) is 9.02. The molecular weight excluding hydrogens is 194 g/mol. The van der Waals surface area contributed by atoms with Crippen LogP contribution in [0, 0.1) is 6.92 Å². The van der Waals surface area contributed by atoms with Crippen LogP contribution in [-0.4, -0.2) is 28.9 Å². The molecule has 0 radical (unpaired) electrons. The minimum Gasteiger partial charge on any atom is -0.286 e. The Bertz CT molecular complexity index is 303. The molecule has 0 spiro atoms. The van der Waals surface area contributed by atoms with Crippen molar-refractivity contribution in [3.63, 3.8) is 0 Å². The van der Waals surface area contributed by atoms with E-state index in [1.807, 2.05) is 6.92 Å². The van der Waals surface area contributed by atoms with Crippen molar-refractivity contribution >= 4 is 11.3 Å². The molecule has 1 saturated heterocycles. The maximum Gasteiger partial charge on any atom is 0.272 e. The van der Waals surface area contributed by atoms with Crippen LogP contribution in [0.2, 0.25) is 0 Å². The molecule has 0 atom stereocenters. The van der Waals surface area contributed by atoms with Crippen molar-refractivity contribution in [1.82, 2.24) is 9.88 Å². The molecule has 0 amide bonds. The third-order valence-electron chi connectivity index (χ3n) is 2.12. The number of alkyl halides is 2. The summed E-state index contributed by atoms with van der Waals surface area (Å²) in [5.41, 5.74) is 2.71. The second-order valence-corrected chi connectivity index (χ2v) is 4.30. The van der Waals surface area contributed by atoms with Gasteiger partial charge >= 0.3 is 0 Å². The summed E-state index contributed by atoms with van der Waals surface area (Å²) in [5, 5.41) is 0. The molecule has 2 rings (SSSR count). The highest BCUT2D eigenvalue weighted by Gasteiger charge is 2.43. The van der Waals surface area contributed by atoms with Crippen LogP contribution >= 0.6 is 11.3 Å². The van der Waals surface area contributed by atoms with Crippen LogP contribution in [0.3, 0.4) is 0 Å². The molecular formula is C8H10F2N2S. The van der Waals surface area contributed by atoms with E-state index in [1.165, 1.54) is 11.3 Å². The molecule has 0 unspecified atom stereocenters. The van der Waals surface area contributed by atoms with E-state index in [1.54, 1.807) is 10.4 Å². The van der Waals surface area contributed by atoms with Crippen LogP contribution in [0.5, 0.6) is 0 Å². The second kappa shape index (κ2) is 2.99. The average molecular weight is 204 g/mol. The van der Waals surface area contributed by atoms with Gasteiger partial charge in [-0.15, -0.1) is 11.3 Å². The molecule has 2 heterocycles. The van der Waals surface area contributed by atoms with Crippen LogP contribution in [0.25, 0.3) is 0 Å². The summed E-state index contributed by atoms with van der Waals surface area (Å²) in [4.78, 5) is 6.90. The molecule has 1 aromatic heterocycles. The van der Waals surface area contributed by atoms with Crippen LogP contribution in [0.1, 0.15) is 10.6 Å². The summed E-state index contributed by atoms with van der Waals surface area (Å²) < 4.78 is 24.9. The largest absolute Gasteiger partial charge is 0.286 e. The molecule has 72 valence electrons. The lowest BCUT2D eigenvalue weighted by Crippen LogP contribution is -2.55. The van der Waals surface area contributed by atoms with E-state index in [0.29, 0.717) is 6.54 Å². The minimum absolute atomic E-state index is 0.107. The zero-order chi connectivity index (χ0) is 9.47. The number of nitrogens with zero attached hydrogens (tertiary/aromatic N) is 2. The number of hydrogen-bond donors (Lipinski definition) is 0. The lowest BCUT2D eigenvalue weighted by molar-refractivity contribution is -0.133. The van der Waals surface area contributed by atoms with Gasteiger partial charge in [-0.1, -0.05) is 0 Å². The fourth-order valence-electron chi connectivity index (χ4n) is 1.40. The molecule has 0 aromatic carbocycles. The maximum absolute atomic E-state index is 12.5. The third-order valence-corrected chi connectivity index (χ3v) is 3.04. The van der Waals surface area contributed by atoms with Gasteiger partial charge in [-0.2, -0.15) is 0 Å². The standard InChI is InChI=1S/C8H10F2N2S/c1-6-7(13-5-11-6)2-12-3-8(9,10)4-12/h5H,2-4H2,1H3. The van der Waals surface area contributed by atoms with Gasteiger partial charge in [0, 0.05) is 11.4 Å². The van der Waals surface area contributed by atoms with E-state index in [-0.39, 0.29) is 13.1 Å². The summed E-state index contributed by atoms with van der Waals surface area (Å²) in [6.45, 7) is 2.31. The highest BCUT2D eigenvalue weighted by Crippen LogP contribution is 2.29. The monoisotopic (exact) mass is 204 g/mol. The molecule has 5 heteroatoms. The summed E-state index contributed by atoms with van der Waals surface area (Å²) >= 11 is 1.53. The lowest BCUT2D eigenvalue weighted by Gasteiger charge is -2.38. The SMILES string of the molecule is Cc1ncsc1CN1CC(F)(F)C1. The van der Waals surface area contributed by atoms with Gasteiger partial charge < -0.3 is 0 Å². The van der Waals surface area contributed by atoms with Gasteiger partial charge in [-0.25, -0.2) is 13.8 Å². The van der Waals surface area contributed by atoms with Crippen LogP contribution in [0.15, 0.2) is 5.51 Å². The van der Waals surface area contributed by atoms with E-state index in [0.717, 1.165) is 10.6 Å². The quantitative estimate of drug-likeness (QED) is 0.731. The second-order valence-electron chi connectivity index (χ2n) is 3.36. The normalized spacial score (nSPS) is 21.5. The third kappa shape index (κ3) is 1.86. The molecule has 0 bridgehead atoms. The van der Waals surface area contributed by atoms with Crippen molar-refractivity contribution in [2.45, 2.75) is 19.4 Å². The lowest BCUT2D eigenvalue weighted by atomic mass is 10.1. The Morgan fingerprint density at radius 3 is 2.77 bits per heavy atom. The van der Waals surface area contributed by atoms with Crippen molar-refractivity contribution in [1.29, 1.82) is 0 Å². The zero-order valence-electron chi connectivity index (χ0n) is 7.26. The first-order chi connectivity index (χ1) is 6.07. The molecule has 0 aliphatic carbocycles. The number of thiazole rings is 1. The molecule has 0 N–H and O–H groups in total. The van der Waals surface area contributed by atoms with Gasteiger partial charge in [0.25, 0.3) is 5.92 Å². The summed E-state index contributed by atoms with van der Waals surface area (Å²) in [5.74, 6) is -2.46. The first-order valence-corrected chi connectivity index (χ1v) is 4.94. The predicted molar refractivity (Wildman–Crippen MR) is 47.1 cm³/mol. The number of likely N-dealkylation sites (tertiary alicyclic amines) is 1. The van der Waals surface area contributed by atoms with E-state index >= 15 is 0 Å². The Labute approximate surface area is 79.2 Å².